The number of carbonyl (C=O) groups excluding carboxylic acids is 1. The fourth-order valence-corrected chi connectivity index (χ4v) is 3.70. The third-order valence-electron chi connectivity index (χ3n) is 5.09. The smallest absolute Gasteiger partial charge is 0.273 e. The number of aromatic nitrogens is 1. The van der Waals surface area contributed by atoms with Gasteiger partial charge in [-0.3, -0.25) is 4.79 Å². The summed E-state index contributed by atoms with van der Waals surface area (Å²) in [5.41, 5.74) is 7.64. The molecule has 1 aromatic heterocycles. The molecular weight excluding hydrogens is 310 g/mol. The van der Waals surface area contributed by atoms with E-state index in [9.17, 15) is 4.79 Å². The van der Waals surface area contributed by atoms with Gasteiger partial charge < -0.3 is 4.98 Å². The number of benzene rings is 2. The summed E-state index contributed by atoms with van der Waals surface area (Å²) in [7, 11) is 0. The lowest BCUT2D eigenvalue weighted by molar-refractivity contribution is -0.116. The lowest BCUT2D eigenvalue weighted by atomic mass is 10.00. The zero-order valence-electron chi connectivity index (χ0n) is 13.6. The first-order valence-electron chi connectivity index (χ1n) is 8.52. The molecule has 5 rings (SSSR count). The monoisotopic (exact) mass is 327 g/mol. The van der Waals surface area contributed by atoms with Crippen molar-refractivity contribution in [3.63, 3.8) is 0 Å². The molecule has 4 nitrogen and oxygen atoms in total. The van der Waals surface area contributed by atoms with E-state index in [0.717, 1.165) is 28.6 Å². The van der Waals surface area contributed by atoms with Crippen LogP contribution in [0.15, 0.2) is 71.5 Å². The summed E-state index contributed by atoms with van der Waals surface area (Å²) in [6.07, 6.45) is 4.95. The molecule has 2 aliphatic rings. The highest BCUT2D eigenvalue weighted by Crippen LogP contribution is 2.50. The third-order valence-corrected chi connectivity index (χ3v) is 5.09. The van der Waals surface area contributed by atoms with Gasteiger partial charge in [-0.15, -0.1) is 0 Å². The van der Waals surface area contributed by atoms with Crippen LogP contribution < -0.4 is 5.43 Å². The van der Waals surface area contributed by atoms with Crippen LogP contribution in [0.1, 0.15) is 23.5 Å². The highest BCUT2D eigenvalue weighted by atomic mass is 16.2. The average Bonchev–Trinajstić information content (AvgIpc) is 3.22. The molecule has 122 valence electrons. The van der Waals surface area contributed by atoms with E-state index in [1.165, 1.54) is 5.56 Å². The van der Waals surface area contributed by atoms with Crippen molar-refractivity contribution in [1.82, 2.24) is 10.4 Å². The fourth-order valence-electron chi connectivity index (χ4n) is 3.70. The summed E-state index contributed by atoms with van der Waals surface area (Å²) in [5.74, 6) is 0.663. The molecule has 1 amide bonds. The van der Waals surface area contributed by atoms with Crippen LogP contribution in [-0.4, -0.2) is 16.6 Å². The van der Waals surface area contributed by atoms with Gasteiger partial charge in [-0.1, -0.05) is 48.5 Å². The molecule has 2 atom stereocenters. The first-order chi connectivity index (χ1) is 12.3. The Morgan fingerprint density at radius 3 is 2.68 bits per heavy atom. The van der Waals surface area contributed by atoms with Gasteiger partial charge in [-0.25, -0.2) is 5.43 Å². The molecule has 4 heteroatoms. The number of rotatable bonds is 3. The zero-order valence-corrected chi connectivity index (χ0v) is 13.6. The number of amides is 1. The number of hydrogen-bond donors (Lipinski definition) is 2. The zero-order chi connectivity index (χ0) is 16.8. The van der Waals surface area contributed by atoms with Crippen LogP contribution in [0.5, 0.6) is 0 Å². The molecule has 0 radical (unpaired) electrons. The lowest BCUT2D eigenvalue weighted by Gasteiger charge is -2.02. The molecule has 1 fully saturated rings. The second-order valence-corrected chi connectivity index (χ2v) is 6.64. The highest BCUT2D eigenvalue weighted by Gasteiger charge is 2.45. The summed E-state index contributed by atoms with van der Waals surface area (Å²) in [4.78, 5) is 15.6. The van der Waals surface area contributed by atoms with Crippen LogP contribution in [-0.2, 0) is 4.79 Å². The minimum absolute atomic E-state index is 0.112. The first kappa shape index (κ1) is 14.2. The molecule has 0 bridgehead atoms. The third kappa shape index (κ3) is 2.38. The van der Waals surface area contributed by atoms with Crippen molar-refractivity contribution in [3.8, 4) is 0 Å². The Bertz CT molecular complexity index is 1030. The standard InChI is InChI=1S/C21H17N3O/c25-21-18(10-14-12-22-19-9-5-4-8-15(14)19)20(23-24-21)17-11-16(17)13-6-2-1-3-7-13/h1-10,12,16-17,22H,11H2,(H,24,25)/t16-,17+/m0/s1. The van der Waals surface area contributed by atoms with Gasteiger partial charge in [0.25, 0.3) is 5.91 Å². The number of carbonyl (C=O) groups is 1. The normalized spacial score (nSPS) is 23.8. The number of hydrazone groups is 1. The summed E-state index contributed by atoms with van der Waals surface area (Å²) in [6.45, 7) is 0. The van der Waals surface area contributed by atoms with Crippen LogP contribution in [0, 0.1) is 5.92 Å². The lowest BCUT2D eigenvalue weighted by Crippen LogP contribution is -2.14. The molecule has 2 N–H and O–H groups in total. The van der Waals surface area contributed by atoms with Crippen molar-refractivity contribution < 1.29 is 4.79 Å². The molecule has 1 aliphatic heterocycles. The maximum absolute atomic E-state index is 12.3. The highest BCUT2D eigenvalue weighted by molar-refractivity contribution is 6.29. The van der Waals surface area contributed by atoms with Crippen LogP contribution >= 0.6 is 0 Å². The number of nitrogens with one attached hydrogen (secondary N) is 2. The Morgan fingerprint density at radius 2 is 1.80 bits per heavy atom. The Labute approximate surface area is 145 Å². The van der Waals surface area contributed by atoms with Crippen molar-refractivity contribution >= 4 is 28.6 Å². The number of para-hydroxylation sites is 1. The van der Waals surface area contributed by atoms with Gasteiger partial charge in [-0.05, 0) is 30.0 Å². The van der Waals surface area contributed by atoms with E-state index >= 15 is 0 Å². The minimum Gasteiger partial charge on any atom is -0.361 e. The molecule has 0 saturated heterocycles. The van der Waals surface area contributed by atoms with Gasteiger partial charge in [-0.2, -0.15) is 5.10 Å². The van der Waals surface area contributed by atoms with Crippen LogP contribution in [0.2, 0.25) is 0 Å². The topological polar surface area (TPSA) is 57.2 Å². The van der Waals surface area contributed by atoms with Crippen molar-refractivity contribution in [3.05, 3.63) is 77.5 Å². The first-order valence-corrected chi connectivity index (χ1v) is 8.52. The quantitative estimate of drug-likeness (QED) is 0.706. The average molecular weight is 327 g/mol. The van der Waals surface area contributed by atoms with Gasteiger partial charge in [0.15, 0.2) is 0 Å². The van der Waals surface area contributed by atoms with Gasteiger partial charge in [0.1, 0.15) is 0 Å². The summed E-state index contributed by atoms with van der Waals surface area (Å²) in [5, 5.41) is 5.45. The predicted octanol–water partition coefficient (Wildman–Crippen LogP) is 3.84. The maximum atomic E-state index is 12.3. The largest absolute Gasteiger partial charge is 0.361 e. The molecule has 3 aromatic rings. The van der Waals surface area contributed by atoms with Crippen molar-refractivity contribution in [1.29, 1.82) is 0 Å². The van der Waals surface area contributed by atoms with Gasteiger partial charge in [0.2, 0.25) is 0 Å². The number of nitrogens with zero attached hydrogens (tertiary/aromatic N) is 1. The molecular formula is C21H17N3O. The number of hydrogen-bond acceptors (Lipinski definition) is 2. The van der Waals surface area contributed by atoms with Crippen LogP contribution in [0.25, 0.3) is 17.0 Å². The molecule has 2 aromatic carbocycles. The molecule has 2 heterocycles. The van der Waals surface area contributed by atoms with E-state index in [4.69, 9.17) is 0 Å². The van der Waals surface area contributed by atoms with Gasteiger partial charge >= 0.3 is 0 Å². The minimum atomic E-state index is -0.112. The molecule has 0 spiro atoms. The second-order valence-electron chi connectivity index (χ2n) is 6.64. The Kier molecular flexibility index (Phi) is 3.10. The van der Waals surface area contributed by atoms with E-state index in [1.54, 1.807) is 0 Å². The number of fused-ring (bicyclic) bond motifs is 1. The van der Waals surface area contributed by atoms with E-state index < -0.39 is 0 Å². The summed E-state index contributed by atoms with van der Waals surface area (Å²) >= 11 is 0. The maximum Gasteiger partial charge on any atom is 0.273 e. The molecule has 1 aliphatic carbocycles. The van der Waals surface area contributed by atoms with E-state index in [1.807, 2.05) is 36.5 Å². The Hall–Kier alpha value is -3.14. The van der Waals surface area contributed by atoms with E-state index in [2.05, 4.69) is 45.8 Å². The fraction of sp³-hybridized carbons (Fsp3) is 0.143. The van der Waals surface area contributed by atoms with E-state index in [0.29, 0.717) is 17.4 Å². The predicted molar refractivity (Wildman–Crippen MR) is 99.1 cm³/mol. The number of aromatic amines is 1. The van der Waals surface area contributed by atoms with Crippen molar-refractivity contribution in [2.45, 2.75) is 12.3 Å². The van der Waals surface area contributed by atoms with Gasteiger partial charge in [0, 0.05) is 28.6 Å². The summed E-state index contributed by atoms with van der Waals surface area (Å²) in [6, 6.07) is 18.6. The van der Waals surface area contributed by atoms with Gasteiger partial charge in [0.05, 0.1) is 11.3 Å². The van der Waals surface area contributed by atoms with Crippen LogP contribution in [0.4, 0.5) is 0 Å². The SMILES string of the molecule is O=C1NN=C([C@@H]2C[C@H]2c2ccccc2)C1=Cc1c[nH]c2ccccc12. The second kappa shape index (κ2) is 5.45. The molecule has 25 heavy (non-hydrogen) atoms. The van der Waals surface area contributed by atoms with Crippen molar-refractivity contribution in [2.24, 2.45) is 11.0 Å². The van der Waals surface area contributed by atoms with Crippen LogP contribution in [0.3, 0.4) is 0 Å². The molecule has 0 unspecified atom stereocenters. The summed E-state index contributed by atoms with van der Waals surface area (Å²) < 4.78 is 0. The Morgan fingerprint density at radius 1 is 1.00 bits per heavy atom. The number of H-pyrrole nitrogens is 1. The molecule has 1 saturated carbocycles. The van der Waals surface area contributed by atoms with E-state index in [-0.39, 0.29) is 5.91 Å². The van der Waals surface area contributed by atoms with Crippen molar-refractivity contribution in [2.75, 3.05) is 0 Å². The Balaban J connectivity index is 1.48.